The Morgan fingerprint density at radius 1 is 1.13 bits per heavy atom. The lowest BCUT2D eigenvalue weighted by molar-refractivity contribution is 0.190. The predicted molar refractivity (Wildman–Crippen MR) is 109 cm³/mol. The highest BCUT2D eigenvalue weighted by molar-refractivity contribution is 5.53. The van der Waals surface area contributed by atoms with E-state index in [0.29, 0.717) is 17.2 Å². The molecule has 0 bridgehead atoms. The fourth-order valence-corrected chi connectivity index (χ4v) is 2.63. The summed E-state index contributed by atoms with van der Waals surface area (Å²) in [6.45, 7) is 7.79. The van der Waals surface area contributed by atoms with Gasteiger partial charge in [-0.05, 0) is 36.8 Å². The van der Waals surface area contributed by atoms with E-state index in [2.05, 4.69) is 35.8 Å². The highest BCUT2D eigenvalue weighted by atomic mass is 16.5. The van der Waals surface area contributed by atoms with Crippen molar-refractivity contribution in [1.29, 1.82) is 0 Å². The van der Waals surface area contributed by atoms with E-state index < -0.39 is 6.10 Å². The van der Waals surface area contributed by atoms with Gasteiger partial charge in [0, 0.05) is 18.7 Å². The van der Waals surface area contributed by atoms with Gasteiger partial charge < -0.3 is 4.74 Å². The van der Waals surface area contributed by atoms with Gasteiger partial charge in [0.1, 0.15) is 0 Å². The first kappa shape index (κ1) is 20.8. The Hall–Kier alpha value is -3.89. The SMILES string of the molecule is CC.Cc1cccc(-n2nnc(C(C)Oc3nnc(-c4cn[nH]c(=O)c4)n3C)n2)c1. The van der Waals surface area contributed by atoms with E-state index in [1.54, 1.807) is 18.5 Å². The molecule has 156 valence electrons. The summed E-state index contributed by atoms with van der Waals surface area (Å²) in [5.74, 6) is 0.862. The van der Waals surface area contributed by atoms with Crippen molar-refractivity contribution in [2.24, 2.45) is 7.05 Å². The number of tetrazole rings is 1. The summed E-state index contributed by atoms with van der Waals surface area (Å²) in [6.07, 6.45) is 0.986. The van der Waals surface area contributed by atoms with E-state index in [-0.39, 0.29) is 11.6 Å². The van der Waals surface area contributed by atoms with Crippen LogP contribution in [0.4, 0.5) is 0 Å². The number of aryl methyl sites for hydroxylation is 1. The summed E-state index contributed by atoms with van der Waals surface area (Å²) < 4.78 is 7.46. The molecule has 0 amide bonds. The standard InChI is InChI=1S/C17H17N9O2.C2H6/c1-10-5-4-6-13(7-10)26-23-15(20-24-26)11(2)28-17-22-21-16(25(17)3)12-8-14(27)19-18-9-12;1-2/h4-9,11H,1-3H3,(H,19,27);1-2H3. The Kier molecular flexibility index (Phi) is 6.30. The minimum atomic E-state index is -0.508. The number of benzene rings is 1. The number of rotatable bonds is 5. The second kappa shape index (κ2) is 9.07. The molecular formula is C19H23N9O2. The van der Waals surface area contributed by atoms with Crippen molar-refractivity contribution in [1.82, 2.24) is 45.2 Å². The number of aromatic amines is 1. The van der Waals surface area contributed by atoms with Crippen molar-refractivity contribution < 1.29 is 4.74 Å². The van der Waals surface area contributed by atoms with Crippen molar-refractivity contribution >= 4 is 0 Å². The smallest absolute Gasteiger partial charge is 0.317 e. The van der Waals surface area contributed by atoms with Crippen LogP contribution in [0, 0.1) is 6.92 Å². The van der Waals surface area contributed by atoms with Gasteiger partial charge in [-0.3, -0.25) is 9.36 Å². The van der Waals surface area contributed by atoms with E-state index in [9.17, 15) is 4.79 Å². The molecule has 0 saturated carbocycles. The van der Waals surface area contributed by atoms with Crippen LogP contribution in [0.3, 0.4) is 0 Å². The van der Waals surface area contributed by atoms with Crippen molar-refractivity contribution in [3.63, 3.8) is 0 Å². The molecule has 1 aromatic carbocycles. The van der Waals surface area contributed by atoms with Gasteiger partial charge in [-0.2, -0.15) is 5.10 Å². The van der Waals surface area contributed by atoms with Crippen LogP contribution in [0.15, 0.2) is 41.3 Å². The van der Waals surface area contributed by atoms with Crippen molar-refractivity contribution in [2.75, 3.05) is 0 Å². The predicted octanol–water partition coefficient (Wildman–Crippen LogP) is 2.02. The maximum Gasteiger partial charge on any atom is 0.317 e. The summed E-state index contributed by atoms with van der Waals surface area (Å²) in [5.41, 5.74) is 2.12. The second-order valence-corrected chi connectivity index (χ2v) is 6.24. The van der Waals surface area contributed by atoms with E-state index in [1.165, 1.54) is 17.1 Å². The van der Waals surface area contributed by atoms with Crippen LogP contribution in [0.25, 0.3) is 17.1 Å². The number of ether oxygens (including phenoxy) is 1. The molecule has 11 heteroatoms. The number of hydrogen-bond acceptors (Lipinski definition) is 8. The van der Waals surface area contributed by atoms with E-state index in [0.717, 1.165) is 11.3 Å². The molecule has 0 saturated heterocycles. The van der Waals surface area contributed by atoms with Crippen LogP contribution >= 0.6 is 0 Å². The van der Waals surface area contributed by atoms with Gasteiger partial charge in [0.2, 0.25) is 5.82 Å². The normalized spacial score (nSPS) is 11.5. The van der Waals surface area contributed by atoms with Crippen LogP contribution in [0.5, 0.6) is 6.01 Å². The fraction of sp³-hybridized carbons (Fsp3) is 0.316. The molecule has 0 aliphatic rings. The first-order chi connectivity index (χ1) is 14.5. The van der Waals surface area contributed by atoms with Crippen molar-refractivity contribution in [2.45, 2.75) is 33.8 Å². The molecule has 4 rings (SSSR count). The minimum Gasteiger partial charge on any atom is -0.452 e. The topological polar surface area (TPSA) is 129 Å². The van der Waals surface area contributed by atoms with Gasteiger partial charge in [0.05, 0.1) is 11.9 Å². The molecule has 0 aliphatic carbocycles. The number of hydrogen-bond donors (Lipinski definition) is 1. The monoisotopic (exact) mass is 409 g/mol. The summed E-state index contributed by atoms with van der Waals surface area (Å²) in [7, 11) is 1.73. The number of H-pyrrole nitrogens is 1. The van der Waals surface area contributed by atoms with Gasteiger partial charge in [-0.15, -0.1) is 20.1 Å². The molecule has 3 aromatic heterocycles. The van der Waals surface area contributed by atoms with Gasteiger partial charge in [0.25, 0.3) is 5.56 Å². The minimum absolute atomic E-state index is 0.259. The molecule has 0 fully saturated rings. The van der Waals surface area contributed by atoms with Crippen LogP contribution in [-0.4, -0.2) is 45.2 Å². The molecule has 1 atom stereocenters. The third-order valence-corrected chi connectivity index (χ3v) is 4.07. The maximum absolute atomic E-state index is 11.5. The maximum atomic E-state index is 11.5. The number of nitrogens with one attached hydrogen (secondary N) is 1. The Morgan fingerprint density at radius 3 is 2.67 bits per heavy atom. The average molecular weight is 409 g/mol. The summed E-state index contributed by atoms with van der Waals surface area (Å²) in [5, 5.41) is 26.7. The molecule has 0 radical (unpaired) electrons. The third kappa shape index (κ3) is 4.40. The molecule has 1 N–H and O–H groups in total. The van der Waals surface area contributed by atoms with Crippen LogP contribution in [-0.2, 0) is 7.05 Å². The van der Waals surface area contributed by atoms with Crippen molar-refractivity contribution in [3.8, 4) is 23.1 Å². The van der Waals surface area contributed by atoms with E-state index in [1.807, 2.05) is 45.0 Å². The third-order valence-electron chi connectivity index (χ3n) is 4.07. The number of aromatic nitrogens is 9. The van der Waals surface area contributed by atoms with Crippen LogP contribution in [0.1, 0.15) is 38.3 Å². The Balaban J connectivity index is 0.00000124. The zero-order valence-electron chi connectivity index (χ0n) is 17.4. The molecule has 1 unspecified atom stereocenters. The van der Waals surface area contributed by atoms with Crippen molar-refractivity contribution in [3.05, 3.63) is 58.3 Å². The molecular weight excluding hydrogens is 386 g/mol. The highest BCUT2D eigenvalue weighted by Crippen LogP contribution is 2.22. The first-order valence-corrected chi connectivity index (χ1v) is 9.49. The fourth-order valence-electron chi connectivity index (χ4n) is 2.63. The van der Waals surface area contributed by atoms with Gasteiger partial charge in [-0.1, -0.05) is 31.1 Å². The molecule has 30 heavy (non-hydrogen) atoms. The largest absolute Gasteiger partial charge is 0.452 e. The Labute approximate surface area is 172 Å². The lowest BCUT2D eigenvalue weighted by Crippen LogP contribution is -2.10. The van der Waals surface area contributed by atoms with E-state index >= 15 is 0 Å². The van der Waals surface area contributed by atoms with Crippen LogP contribution < -0.4 is 10.3 Å². The molecule has 3 heterocycles. The Bertz CT molecular complexity index is 1180. The Morgan fingerprint density at radius 2 is 1.93 bits per heavy atom. The molecule has 0 aliphatic heterocycles. The quantitative estimate of drug-likeness (QED) is 0.530. The summed E-state index contributed by atoms with van der Waals surface area (Å²) in [4.78, 5) is 12.9. The van der Waals surface area contributed by atoms with Gasteiger partial charge in [0.15, 0.2) is 11.9 Å². The second-order valence-electron chi connectivity index (χ2n) is 6.24. The molecule has 4 aromatic rings. The zero-order valence-corrected chi connectivity index (χ0v) is 17.4. The average Bonchev–Trinajstić information content (AvgIpc) is 3.37. The van der Waals surface area contributed by atoms with Gasteiger partial charge in [-0.25, -0.2) is 5.10 Å². The number of nitrogens with zero attached hydrogens (tertiary/aromatic N) is 8. The zero-order chi connectivity index (χ0) is 21.7. The lowest BCUT2D eigenvalue weighted by atomic mass is 10.2. The van der Waals surface area contributed by atoms with E-state index in [4.69, 9.17) is 4.74 Å². The summed E-state index contributed by atoms with van der Waals surface area (Å²) in [6, 6.07) is 9.43. The summed E-state index contributed by atoms with van der Waals surface area (Å²) >= 11 is 0. The highest BCUT2D eigenvalue weighted by Gasteiger charge is 2.19. The van der Waals surface area contributed by atoms with Gasteiger partial charge >= 0.3 is 6.01 Å². The molecule has 11 nitrogen and oxygen atoms in total. The molecule has 0 spiro atoms. The van der Waals surface area contributed by atoms with Crippen LogP contribution in [0.2, 0.25) is 0 Å². The lowest BCUT2D eigenvalue weighted by Gasteiger charge is -2.10. The first-order valence-electron chi connectivity index (χ1n) is 9.49.